The predicted molar refractivity (Wildman–Crippen MR) is 108 cm³/mol. The fraction of sp³-hybridized carbons (Fsp3) is 0.150. The monoisotopic (exact) mass is 394 g/mol. The number of hydrogen-bond acceptors (Lipinski definition) is 5. The molecule has 0 amide bonds. The van der Waals surface area contributed by atoms with E-state index in [0.29, 0.717) is 45.2 Å². The molecule has 1 aliphatic carbocycles. The summed E-state index contributed by atoms with van der Waals surface area (Å²) in [5.41, 5.74) is 8.88. The van der Waals surface area contributed by atoms with Crippen molar-refractivity contribution in [2.45, 2.75) is 18.9 Å². The number of nitrogens with two attached hydrogens (primary N) is 1. The van der Waals surface area contributed by atoms with Crippen molar-refractivity contribution >= 4 is 34.4 Å². The molecule has 2 aromatic heterocycles. The molecule has 3 N–H and O–H groups in total. The van der Waals surface area contributed by atoms with E-state index < -0.39 is 0 Å². The Morgan fingerprint density at radius 1 is 1.07 bits per heavy atom. The van der Waals surface area contributed by atoms with Gasteiger partial charge in [0.2, 0.25) is 5.95 Å². The minimum Gasteiger partial charge on any atom is -0.383 e. The first-order valence-corrected chi connectivity index (χ1v) is 9.31. The second-order valence-corrected chi connectivity index (χ2v) is 7.17. The molecule has 5 rings (SSSR count). The van der Waals surface area contributed by atoms with Crippen molar-refractivity contribution in [3.63, 3.8) is 0 Å². The van der Waals surface area contributed by atoms with Crippen molar-refractivity contribution in [1.29, 1.82) is 0 Å². The average Bonchev–Trinajstić information content (AvgIpc) is 3.44. The van der Waals surface area contributed by atoms with Crippen LogP contribution < -0.4 is 11.1 Å². The van der Waals surface area contributed by atoms with Crippen molar-refractivity contribution in [2.75, 3.05) is 11.1 Å². The van der Waals surface area contributed by atoms with E-state index in [9.17, 15) is 4.39 Å². The highest BCUT2D eigenvalue weighted by Gasteiger charge is 2.25. The van der Waals surface area contributed by atoms with E-state index in [2.05, 4.69) is 15.4 Å². The van der Waals surface area contributed by atoms with Gasteiger partial charge in [0.25, 0.3) is 0 Å². The van der Waals surface area contributed by atoms with Crippen LogP contribution in [-0.4, -0.2) is 25.8 Å². The molecular weight excluding hydrogens is 379 g/mol. The largest absolute Gasteiger partial charge is 0.383 e. The molecule has 8 heteroatoms. The highest BCUT2D eigenvalue weighted by molar-refractivity contribution is 6.33. The third-order valence-corrected chi connectivity index (χ3v) is 5.01. The zero-order valence-electron chi connectivity index (χ0n) is 14.7. The van der Waals surface area contributed by atoms with Crippen molar-refractivity contribution in [2.24, 2.45) is 0 Å². The fourth-order valence-corrected chi connectivity index (χ4v) is 3.34. The predicted octanol–water partition coefficient (Wildman–Crippen LogP) is 4.43. The van der Waals surface area contributed by atoms with Gasteiger partial charge in [-0.15, -0.1) is 5.10 Å². The Morgan fingerprint density at radius 2 is 1.82 bits per heavy atom. The molecule has 2 heterocycles. The van der Waals surface area contributed by atoms with Crippen molar-refractivity contribution in [3.05, 3.63) is 59.4 Å². The van der Waals surface area contributed by atoms with Crippen molar-refractivity contribution in [3.8, 4) is 16.9 Å². The number of benzene rings is 2. The normalized spacial score (nSPS) is 13.8. The summed E-state index contributed by atoms with van der Waals surface area (Å²) in [5, 5.41) is 9.03. The summed E-state index contributed by atoms with van der Waals surface area (Å²) in [6.45, 7) is 0. The Kier molecular flexibility index (Phi) is 3.91. The van der Waals surface area contributed by atoms with Gasteiger partial charge in [0, 0.05) is 16.6 Å². The molecule has 1 aliphatic rings. The number of nitrogens with zero attached hydrogens (tertiary/aromatic N) is 4. The standard InChI is InChI=1S/C20H16ClFN6/c21-15-4-2-1-3-14(15)17-16-18(23)28(13-9-5-11(22)6-10-13)27-19(16)26-20(25-17)24-12-7-8-12/h1-6,9-10,12H,7-8,23H2,(H,24,26,27). The molecule has 0 aliphatic heterocycles. The average molecular weight is 395 g/mol. The fourth-order valence-electron chi connectivity index (χ4n) is 3.11. The third kappa shape index (κ3) is 2.93. The summed E-state index contributed by atoms with van der Waals surface area (Å²) in [5.74, 6) is 0.537. The molecule has 0 bridgehead atoms. The Morgan fingerprint density at radius 3 is 2.54 bits per heavy atom. The van der Waals surface area contributed by atoms with E-state index in [1.165, 1.54) is 12.1 Å². The van der Waals surface area contributed by atoms with Crippen LogP contribution in [0.25, 0.3) is 28.0 Å². The molecule has 4 aromatic rings. The molecule has 0 unspecified atom stereocenters. The number of fused-ring (bicyclic) bond motifs is 1. The smallest absolute Gasteiger partial charge is 0.225 e. The SMILES string of the molecule is Nc1c2c(-c3ccccc3Cl)nc(NC3CC3)nc2nn1-c1ccc(F)cc1. The van der Waals surface area contributed by atoms with Crippen LogP contribution in [0.15, 0.2) is 48.5 Å². The molecule has 6 nitrogen and oxygen atoms in total. The first-order chi connectivity index (χ1) is 13.6. The minimum absolute atomic E-state index is 0.327. The van der Waals surface area contributed by atoms with E-state index in [1.807, 2.05) is 18.2 Å². The molecule has 0 saturated heterocycles. The lowest BCUT2D eigenvalue weighted by Crippen LogP contribution is -2.06. The highest BCUT2D eigenvalue weighted by atomic mass is 35.5. The van der Waals surface area contributed by atoms with Crippen LogP contribution in [0.1, 0.15) is 12.8 Å². The maximum atomic E-state index is 13.3. The summed E-state index contributed by atoms with van der Waals surface area (Å²) >= 11 is 6.43. The zero-order chi connectivity index (χ0) is 19.3. The maximum absolute atomic E-state index is 13.3. The van der Waals surface area contributed by atoms with Crippen LogP contribution in [0.4, 0.5) is 16.2 Å². The molecular formula is C20H16ClFN6. The second-order valence-electron chi connectivity index (χ2n) is 6.77. The van der Waals surface area contributed by atoms with Crippen LogP contribution in [0.5, 0.6) is 0 Å². The van der Waals surface area contributed by atoms with Gasteiger partial charge in [0.1, 0.15) is 11.6 Å². The van der Waals surface area contributed by atoms with Gasteiger partial charge in [-0.25, -0.2) is 14.1 Å². The van der Waals surface area contributed by atoms with Gasteiger partial charge in [0.15, 0.2) is 5.65 Å². The van der Waals surface area contributed by atoms with Gasteiger partial charge in [-0.2, -0.15) is 4.98 Å². The van der Waals surface area contributed by atoms with Gasteiger partial charge < -0.3 is 11.1 Å². The maximum Gasteiger partial charge on any atom is 0.225 e. The first-order valence-electron chi connectivity index (χ1n) is 8.94. The number of anilines is 2. The Balaban J connectivity index is 1.76. The third-order valence-electron chi connectivity index (χ3n) is 4.68. The molecule has 2 aromatic carbocycles. The topological polar surface area (TPSA) is 81.7 Å². The van der Waals surface area contributed by atoms with Gasteiger partial charge in [-0.05, 0) is 43.2 Å². The van der Waals surface area contributed by atoms with Crippen molar-refractivity contribution in [1.82, 2.24) is 19.7 Å². The van der Waals surface area contributed by atoms with E-state index >= 15 is 0 Å². The van der Waals surface area contributed by atoms with Gasteiger partial charge in [0.05, 0.1) is 16.8 Å². The molecule has 0 atom stereocenters. The lowest BCUT2D eigenvalue weighted by molar-refractivity contribution is 0.627. The number of hydrogen-bond donors (Lipinski definition) is 2. The molecule has 0 radical (unpaired) electrons. The van der Waals surface area contributed by atoms with E-state index in [-0.39, 0.29) is 5.82 Å². The number of rotatable bonds is 4. The molecule has 1 fully saturated rings. The number of nitrogen functional groups attached to an aromatic ring is 1. The van der Waals surface area contributed by atoms with E-state index in [4.69, 9.17) is 22.3 Å². The number of halogens is 2. The lowest BCUT2D eigenvalue weighted by atomic mass is 10.1. The lowest BCUT2D eigenvalue weighted by Gasteiger charge is -2.09. The molecule has 28 heavy (non-hydrogen) atoms. The summed E-state index contributed by atoms with van der Waals surface area (Å²) in [6.07, 6.45) is 2.18. The Bertz CT molecular complexity index is 1180. The van der Waals surface area contributed by atoms with Crippen LogP contribution in [0.3, 0.4) is 0 Å². The number of aromatic nitrogens is 4. The van der Waals surface area contributed by atoms with E-state index in [1.54, 1.807) is 22.9 Å². The summed E-state index contributed by atoms with van der Waals surface area (Å²) in [7, 11) is 0. The Labute approximate surface area is 165 Å². The van der Waals surface area contributed by atoms with Crippen LogP contribution in [-0.2, 0) is 0 Å². The van der Waals surface area contributed by atoms with Crippen LogP contribution >= 0.6 is 11.6 Å². The highest BCUT2D eigenvalue weighted by Crippen LogP contribution is 2.36. The molecule has 140 valence electrons. The summed E-state index contributed by atoms with van der Waals surface area (Å²) in [4.78, 5) is 9.24. The molecule has 1 saturated carbocycles. The van der Waals surface area contributed by atoms with E-state index in [0.717, 1.165) is 18.4 Å². The van der Waals surface area contributed by atoms with Gasteiger partial charge in [-0.3, -0.25) is 0 Å². The van der Waals surface area contributed by atoms with Crippen LogP contribution in [0.2, 0.25) is 5.02 Å². The van der Waals surface area contributed by atoms with Gasteiger partial charge >= 0.3 is 0 Å². The molecule has 0 spiro atoms. The summed E-state index contributed by atoms with van der Waals surface area (Å²) in [6, 6.07) is 13.8. The Hall–Kier alpha value is -3.19. The quantitative estimate of drug-likeness (QED) is 0.535. The first kappa shape index (κ1) is 16.9. The summed E-state index contributed by atoms with van der Waals surface area (Å²) < 4.78 is 14.9. The second kappa shape index (κ2) is 6.45. The van der Waals surface area contributed by atoms with Crippen molar-refractivity contribution < 1.29 is 4.39 Å². The van der Waals surface area contributed by atoms with Gasteiger partial charge in [-0.1, -0.05) is 29.8 Å². The minimum atomic E-state index is -0.327. The van der Waals surface area contributed by atoms with Crippen LogP contribution in [0, 0.1) is 5.82 Å². The zero-order valence-corrected chi connectivity index (χ0v) is 15.5. The number of nitrogens with one attached hydrogen (secondary N) is 1.